The molecule has 0 aromatic carbocycles. The third-order valence-electron chi connectivity index (χ3n) is 3.59. The van der Waals surface area contributed by atoms with E-state index in [1.165, 1.54) is 0 Å². The summed E-state index contributed by atoms with van der Waals surface area (Å²) in [6.07, 6.45) is -2.98. The van der Waals surface area contributed by atoms with Crippen molar-refractivity contribution < 1.29 is 27.9 Å². The van der Waals surface area contributed by atoms with Crippen molar-refractivity contribution in [2.75, 3.05) is 0 Å². The van der Waals surface area contributed by atoms with E-state index in [0.29, 0.717) is 19.3 Å². The molecule has 7 heteroatoms. The summed E-state index contributed by atoms with van der Waals surface area (Å²) in [7, 11) is 0. The molecule has 0 spiro atoms. The Balaban J connectivity index is 2.52. The molecular formula is C13H20F3NO3. The smallest absolute Gasteiger partial charge is 0.393 e. The van der Waals surface area contributed by atoms with Gasteiger partial charge in [-0.2, -0.15) is 13.2 Å². The summed E-state index contributed by atoms with van der Waals surface area (Å²) in [5.41, 5.74) is 0. The molecule has 0 aliphatic heterocycles. The van der Waals surface area contributed by atoms with Crippen LogP contribution < -0.4 is 5.32 Å². The molecule has 0 saturated heterocycles. The van der Waals surface area contributed by atoms with Gasteiger partial charge in [-0.1, -0.05) is 19.8 Å². The average Bonchev–Trinajstić information content (AvgIpc) is 2.26. The monoisotopic (exact) mass is 295 g/mol. The lowest BCUT2D eigenvalue weighted by atomic mass is 9.84. The SMILES string of the molecule is CC(CC(=O)O)CC(=O)NC1CCCCC1C(F)(F)F. The number of carbonyl (C=O) groups excluding carboxylic acids is 1. The summed E-state index contributed by atoms with van der Waals surface area (Å²) in [6, 6.07) is -0.881. The Morgan fingerprint density at radius 3 is 2.40 bits per heavy atom. The van der Waals surface area contributed by atoms with Crippen LogP contribution in [0, 0.1) is 11.8 Å². The zero-order chi connectivity index (χ0) is 15.3. The normalized spacial score (nSPS) is 25.0. The second kappa shape index (κ2) is 6.95. The van der Waals surface area contributed by atoms with Gasteiger partial charge in [-0.15, -0.1) is 0 Å². The molecule has 3 atom stereocenters. The van der Waals surface area contributed by atoms with Gasteiger partial charge in [0.15, 0.2) is 0 Å². The maximum atomic E-state index is 12.8. The zero-order valence-corrected chi connectivity index (χ0v) is 11.4. The summed E-state index contributed by atoms with van der Waals surface area (Å²) in [6.45, 7) is 1.59. The van der Waals surface area contributed by atoms with E-state index in [1.54, 1.807) is 6.92 Å². The predicted octanol–water partition coefficient (Wildman–Crippen LogP) is 2.72. The van der Waals surface area contributed by atoms with E-state index in [1.807, 2.05) is 0 Å². The number of carbonyl (C=O) groups is 2. The van der Waals surface area contributed by atoms with Crippen LogP contribution in [0.3, 0.4) is 0 Å². The van der Waals surface area contributed by atoms with Crippen LogP contribution in [0.2, 0.25) is 0 Å². The quantitative estimate of drug-likeness (QED) is 0.819. The molecule has 0 heterocycles. The Morgan fingerprint density at radius 1 is 1.25 bits per heavy atom. The molecule has 0 radical (unpaired) electrons. The molecule has 4 nitrogen and oxygen atoms in total. The molecule has 1 fully saturated rings. The fraction of sp³-hybridized carbons (Fsp3) is 0.846. The van der Waals surface area contributed by atoms with Gasteiger partial charge in [0.1, 0.15) is 0 Å². The molecule has 116 valence electrons. The standard InChI is InChI=1S/C13H20F3NO3/c1-8(7-12(19)20)6-11(18)17-10-5-3-2-4-9(10)13(14,15)16/h8-10H,2-7H2,1H3,(H,17,18)(H,19,20). The first-order chi connectivity index (χ1) is 9.20. The lowest BCUT2D eigenvalue weighted by Gasteiger charge is -2.33. The van der Waals surface area contributed by atoms with Crippen LogP contribution >= 0.6 is 0 Å². The minimum absolute atomic E-state index is 0.0408. The summed E-state index contributed by atoms with van der Waals surface area (Å²) >= 11 is 0. The Kier molecular flexibility index (Phi) is 5.83. The van der Waals surface area contributed by atoms with Crippen molar-refractivity contribution in [1.29, 1.82) is 0 Å². The number of nitrogens with one attached hydrogen (secondary N) is 1. The molecule has 1 rings (SSSR count). The van der Waals surface area contributed by atoms with Gasteiger partial charge >= 0.3 is 12.1 Å². The van der Waals surface area contributed by atoms with Crippen LogP contribution in [0.1, 0.15) is 45.4 Å². The third kappa shape index (κ3) is 5.38. The van der Waals surface area contributed by atoms with Crippen LogP contribution in [-0.4, -0.2) is 29.2 Å². The number of hydrogen-bond acceptors (Lipinski definition) is 2. The van der Waals surface area contributed by atoms with E-state index in [9.17, 15) is 22.8 Å². The van der Waals surface area contributed by atoms with Gasteiger partial charge in [-0.3, -0.25) is 9.59 Å². The van der Waals surface area contributed by atoms with Gasteiger partial charge in [0.25, 0.3) is 0 Å². The van der Waals surface area contributed by atoms with Gasteiger partial charge in [-0.25, -0.2) is 0 Å². The second-order valence-electron chi connectivity index (χ2n) is 5.51. The molecule has 0 aromatic rings. The first-order valence-electron chi connectivity index (χ1n) is 6.78. The lowest BCUT2D eigenvalue weighted by molar-refractivity contribution is -0.189. The predicted molar refractivity (Wildman–Crippen MR) is 66.0 cm³/mol. The van der Waals surface area contributed by atoms with Gasteiger partial charge in [0.2, 0.25) is 5.91 Å². The zero-order valence-electron chi connectivity index (χ0n) is 11.4. The minimum atomic E-state index is -4.30. The minimum Gasteiger partial charge on any atom is -0.481 e. The summed E-state index contributed by atoms with van der Waals surface area (Å²) < 4.78 is 38.5. The summed E-state index contributed by atoms with van der Waals surface area (Å²) in [4.78, 5) is 22.2. The number of carboxylic acid groups (broad SMARTS) is 1. The van der Waals surface area contributed by atoms with Crippen molar-refractivity contribution in [3.05, 3.63) is 0 Å². The fourth-order valence-corrected chi connectivity index (χ4v) is 2.65. The van der Waals surface area contributed by atoms with Gasteiger partial charge in [0, 0.05) is 18.9 Å². The van der Waals surface area contributed by atoms with Crippen molar-refractivity contribution >= 4 is 11.9 Å². The molecule has 1 aliphatic rings. The Labute approximate surface area is 115 Å². The molecule has 3 unspecified atom stereocenters. The molecule has 0 aromatic heterocycles. The van der Waals surface area contributed by atoms with E-state index < -0.39 is 30.0 Å². The Hall–Kier alpha value is -1.27. The van der Waals surface area contributed by atoms with Gasteiger partial charge in [0.05, 0.1) is 5.92 Å². The summed E-state index contributed by atoms with van der Waals surface area (Å²) in [5.74, 6) is -3.40. The maximum Gasteiger partial charge on any atom is 0.393 e. The van der Waals surface area contributed by atoms with Crippen molar-refractivity contribution in [1.82, 2.24) is 5.32 Å². The fourth-order valence-electron chi connectivity index (χ4n) is 2.65. The van der Waals surface area contributed by atoms with E-state index >= 15 is 0 Å². The molecule has 2 N–H and O–H groups in total. The number of halogens is 3. The number of aliphatic carboxylic acids is 1. The van der Waals surface area contributed by atoms with Crippen LogP contribution in [-0.2, 0) is 9.59 Å². The van der Waals surface area contributed by atoms with Crippen molar-refractivity contribution in [2.24, 2.45) is 11.8 Å². The number of rotatable bonds is 5. The second-order valence-corrected chi connectivity index (χ2v) is 5.51. The number of carboxylic acids is 1. The van der Waals surface area contributed by atoms with Crippen LogP contribution in [0.4, 0.5) is 13.2 Å². The Morgan fingerprint density at radius 2 is 1.85 bits per heavy atom. The number of alkyl halides is 3. The molecule has 20 heavy (non-hydrogen) atoms. The van der Waals surface area contributed by atoms with Crippen molar-refractivity contribution in [3.63, 3.8) is 0 Å². The number of hydrogen-bond donors (Lipinski definition) is 2. The summed E-state index contributed by atoms with van der Waals surface area (Å²) in [5, 5.41) is 11.0. The maximum absolute atomic E-state index is 12.8. The third-order valence-corrected chi connectivity index (χ3v) is 3.59. The average molecular weight is 295 g/mol. The first kappa shape index (κ1) is 16.8. The van der Waals surface area contributed by atoms with E-state index in [2.05, 4.69) is 5.32 Å². The van der Waals surface area contributed by atoms with Gasteiger partial charge < -0.3 is 10.4 Å². The molecular weight excluding hydrogens is 275 g/mol. The molecule has 1 aliphatic carbocycles. The Bertz CT molecular complexity index is 357. The molecule has 0 bridgehead atoms. The van der Waals surface area contributed by atoms with E-state index in [4.69, 9.17) is 5.11 Å². The van der Waals surface area contributed by atoms with Crippen molar-refractivity contribution in [2.45, 2.75) is 57.7 Å². The van der Waals surface area contributed by atoms with Crippen molar-refractivity contribution in [3.8, 4) is 0 Å². The van der Waals surface area contributed by atoms with E-state index in [0.717, 1.165) is 0 Å². The highest BCUT2D eigenvalue weighted by Crippen LogP contribution is 2.37. The molecule has 1 amide bonds. The van der Waals surface area contributed by atoms with E-state index in [-0.39, 0.29) is 25.2 Å². The number of amides is 1. The highest BCUT2D eigenvalue weighted by molar-refractivity contribution is 5.77. The first-order valence-corrected chi connectivity index (χ1v) is 6.78. The largest absolute Gasteiger partial charge is 0.481 e. The van der Waals surface area contributed by atoms with Crippen LogP contribution in [0.25, 0.3) is 0 Å². The lowest BCUT2D eigenvalue weighted by Crippen LogP contribution is -2.47. The van der Waals surface area contributed by atoms with Crippen LogP contribution in [0.5, 0.6) is 0 Å². The highest BCUT2D eigenvalue weighted by Gasteiger charge is 2.45. The highest BCUT2D eigenvalue weighted by atomic mass is 19.4. The molecule has 1 saturated carbocycles. The van der Waals surface area contributed by atoms with Crippen LogP contribution in [0.15, 0.2) is 0 Å². The topological polar surface area (TPSA) is 66.4 Å². The van der Waals surface area contributed by atoms with Gasteiger partial charge in [-0.05, 0) is 18.8 Å².